The number of benzene rings is 1. The van der Waals surface area contributed by atoms with Crippen LogP contribution in [0.3, 0.4) is 0 Å². The molecule has 1 aliphatic heterocycles. The Morgan fingerprint density at radius 3 is 2.57 bits per heavy atom. The Kier molecular flexibility index (Phi) is 10.6. The Morgan fingerprint density at radius 1 is 1.25 bits per heavy atom. The molecule has 0 radical (unpaired) electrons. The maximum Gasteiger partial charge on any atom is 0.238 e. The van der Waals surface area contributed by atoms with Gasteiger partial charge < -0.3 is 15.8 Å². The molecule has 2 unspecified atom stereocenters. The second-order valence-electron chi connectivity index (χ2n) is 7.58. The fraction of sp³-hybridized carbons (Fsp3) is 0.667. The molecule has 1 aliphatic carbocycles. The molecule has 1 saturated heterocycles. The zero-order valence-electron chi connectivity index (χ0n) is 17.0. The Labute approximate surface area is 181 Å². The largest absolute Gasteiger partial charge is 0.399 e. The van der Waals surface area contributed by atoms with E-state index in [0.29, 0.717) is 5.92 Å². The van der Waals surface area contributed by atoms with Crippen molar-refractivity contribution in [3.8, 4) is 0 Å². The zero-order valence-corrected chi connectivity index (χ0v) is 18.6. The summed E-state index contributed by atoms with van der Waals surface area (Å²) in [5.74, 6) is 0.554. The molecule has 2 atom stereocenters. The number of fused-ring (bicyclic) bond motifs is 1. The number of carbonyl (C=O) groups is 1. The van der Waals surface area contributed by atoms with Crippen LogP contribution in [0.2, 0.25) is 0 Å². The number of amides is 1. The molecule has 1 heterocycles. The van der Waals surface area contributed by atoms with E-state index in [1.165, 1.54) is 11.1 Å². The van der Waals surface area contributed by atoms with Crippen LogP contribution in [0, 0.1) is 5.92 Å². The number of nitrogens with zero attached hydrogens (tertiary/aromatic N) is 1. The molecule has 0 saturated carbocycles. The van der Waals surface area contributed by atoms with Gasteiger partial charge in [-0.1, -0.05) is 32.8 Å². The molecule has 160 valence electrons. The quantitative estimate of drug-likeness (QED) is 0.672. The van der Waals surface area contributed by atoms with Crippen molar-refractivity contribution in [3.63, 3.8) is 0 Å². The van der Waals surface area contributed by atoms with Crippen molar-refractivity contribution >= 4 is 36.4 Å². The molecule has 3 N–H and O–H groups in total. The SMILES string of the molecule is CCC(CC)C(C(=O)NC1CCCc2cc(N)ccc21)N1CCOCC1.Cl.Cl. The van der Waals surface area contributed by atoms with Crippen molar-refractivity contribution in [2.45, 2.75) is 58.0 Å². The molecule has 1 amide bonds. The van der Waals surface area contributed by atoms with Gasteiger partial charge in [-0.05, 0) is 48.4 Å². The lowest BCUT2D eigenvalue weighted by Crippen LogP contribution is -2.55. The summed E-state index contributed by atoms with van der Waals surface area (Å²) in [6.45, 7) is 7.49. The smallest absolute Gasteiger partial charge is 0.238 e. The van der Waals surface area contributed by atoms with Crippen LogP contribution in [0.4, 0.5) is 5.69 Å². The third-order valence-electron chi connectivity index (χ3n) is 6.00. The summed E-state index contributed by atoms with van der Waals surface area (Å²) < 4.78 is 5.50. The second kappa shape index (κ2) is 11.9. The number of anilines is 1. The van der Waals surface area contributed by atoms with Crippen LogP contribution in [0.1, 0.15) is 56.7 Å². The van der Waals surface area contributed by atoms with Crippen molar-refractivity contribution in [2.75, 3.05) is 32.0 Å². The van der Waals surface area contributed by atoms with Crippen LogP contribution in [0.5, 0.6) is 0 Å². The molecule has 7 heteroatoms. The van der Waals surface area contributed by atoms with Crippen LogP contribution < -0.4 is 11.1 Å². The number of nitrogens with one attached hydrogen (secondary N) is 1. The zero-order chi connectivity index (χ0) is 18.5. The summed E-state index contributed by atoms with van der Waals surface area (Å²) in [5.41, 5.74) is 9.27. The van der Waals surface area contributed by atoms with Gasteiger partial charge >= 0.3 is 0 Å². The number of nitrogens with two attached hydrogens (primary N) is 1. The van der Waals surface area contributed by atoms with Gasteiger partial charge in [-0.25, -0.2) is 0 Å². The summed E-state index contributed by atoms with van der Waals surface area (Å²) in [7, 11) is 0. The summed E-state index contributed by atoms with van der Waals surface area (Å²) in [6, 6.07) is 6.14. The summed E-state index contributed by atoms with van der Waals surface area (Å²) >= 11 is 0. The van der Waals surface area contributed by atoms with Crippen LogP contribution in [0.15, 0.2) is 18.2 Å². The first kappa shape index (κ1) is 25.0. The first-order valence-corrected chi connectivity index (χ1v) is 10.1. The Bertz CT molecular complexity index is 620. The number of halogens is 2. The molecule has 2 aliphatic rings. The molecule has 28 heavy (non-hydrogen) atoms. The lowest BCUT2D eigenvalue weighted by atomic mass is 9.86. The minimum Gasteiger partial charge on any atom is -0.399 e. The van der Waals surface area contributed by atoms with E-state index in [0.717, 1.165) is 64.1 Å². The fourth-order valence-corrected chi connectivity index (χ4v) is 4.51. The lowest BCUT2D eigenvalue weighted by Gasteiger charge is -2.39. The van der Waals surface area contributed by atoms with Gasteiger partial charge in [-0.3, -0.25) is 9.69 Å². The van der Waals surface area contributed by atoms with Gasteiger partial charge in [0, 0.05) is 18.8 Å². The molecular weight excluding hydrogens is 397 g/mol. The highest BCUT2D eigenvalue weighted by atomic mass is 35.5. The predicted molar refractivity (Wildman–Crippen MR) is 119 cm³/mol. The normalized spacial score (nSPS) is 20.5. The first-order valence-electron chi connectivity index (χ1n) is 10.1. The third-order valence-corrected chi connectivity index (χ3v) is 6.00. The summed E-state index contributed by atoms with van der Waals surface area (Å²) in [5, 5.41) is 3.38. The molecule has 0 spiro atoms. The maximum absolute atomic E-state index is 13.3. The van der Waals surface area contributed by atoms with E-state index >= 15 is 0 Å². The molecule has 1 aromatic rings. The lowest BCUT2D eigenvalue weighted by molar-refractivity contribution is -0.131. The van der Waals surface area contributed by atoms with Gasteiger partial charge in [0.05, 0.1) is 25.3 Å². The highest BCUT2D eigenvalue weighted by molar-refractivity contribution is 5.85. The number of nitrogen functional groups attached to an aromatic ring is 1. The minimum absolute atomic E-state index is 0. The van der Waals surface area contributed by atoms with Crippen molar-refractivity contribution in [2.24, 2.45) is 5.92 Å². The highest BCUT2D eigenvalue weighted by Gasteiger charge is 2.34. The third kappa shape index (κ3) is 5.76. The molecular formula is C21H35Cl2N3O2. The fourth-order valence-electron chi connectivity index (χ4n) is 4.51. The van der Waals surface area contributed by atoms with Gasteiger partial charge in [-0.15, -0.1) is 24.8 Å². The van der Waals surface area contributed by atoms with E-state index in [2.05, 4.69) is 36.2 Å². The van der Waals surface area contributed by atoms with E-state index < -0.39 is 0 Å². The first-order chi connectivity index (χ1) is 12.6. The van der Waals surface area contributed by atoms with Crippen molar-refractivity contribution in [1.82, 2.24) is 10.2 Å². The van der Waals surface area contributed by atoms with Crippen molar-refractivity contribution < 1.29 is 9.53 Å². The number of ether oxygens (including phenoxy) is 1. The van der Waals surface area contributed by atoms with E-state index in [1.807, 2.05) is 6.07 Å². The number of carbonyl (C=O) groups excluding carboxylic acids is 1. The Morgan fingerprint density at radius 2 is 1.93 bits per heavy atom. The average molecular weight is 432 g/mol. The van der Waals surface area contributed by atoms with Gasteiger partial charge in [0.2, 0.25) is 5.91 Å². The van der Waals surface area contributed by atoms with E-state index in [1.54, 1.807) is 0 Å². The molecule has 1 aromatic carbocycles. The minimum atomic E-state index is -0.0620. The molecule has 1 fully saturated rings. The summed E-state index contributed by atoms with van der Waals surface area (Å²) in [6.07, 6.45) is 5.18. The van der Waals surface area contributed by atoms with E-state index in [4.69, 9.17) is 10.5 Å². The second-order valence-corrected chi connectivity index (χ2v) is 7.58. The van der Waals surface area contributed by atoms with Crippen LogP contribution in [0.25, 0.3) is 0 Å². The summed E-state index contributed by atoms with van der Waals surface area (Å²) in [4.78, 5) is 15.7. The van der Waals surface area contributed by atoms with Gasteiger partial charge in [-0.2, -0.15) is 0 Å². The predicted octanol–water partition coefficient (Wildman–Crippen LogP) is 3.74. The van der Waals surface area contributed by atoms with Gasteiger partial charge in [0.25, 0.3) is 0 Å². The highest BCUT2D eigenvalue weighted by Crippen LogP contribution is 2.31. The maximum atomic E-state index is 13.3. The van der Waals surface area contributed by atoms with Crippen molar-refractivity contribution in [3.05, 3.63) is 29.3 Å². The van der Waals surface area contributed by atoms with Crippen LogP contribution in [-0.4, -0.2) is 43.2 Å². The number of hydrogen-bond acceptors (Lipinski definition) is 4. The average Bonchev–Trinajstić information content (AvgIpc) is 2.66. The van der Waals surface area contributed by atoms with E-state index in [-0.39, 0.29) is 42.8 Å². The van der Waals surface area contributed by atoms with Crippen molar-refractivity contribution in [1.29, 1.82) is 0 Å². The number of hydrogen-bond donors (Lipinski definition) is 2. The van der Waals surface area contributed by atoms with Crippen LogP contribution in [-0.2, 0) is 16.0 Å². The number of morpholine rings is 1. The molecule has 0 aromatic heterocycles. The number of aryl methyl sites for hydroxylation is 1. The van der Waals surface area contributed by atoms with Gasteiger partial charge in [0.1, 0.15) is 0 Å². The monoisotopic (exact) mass is 431 g/mol. The molecule has 5 nitrogen and oxygen atoms in total. The van der Waals surface area contributed by atoms with Gasteiger partial charge in [0.15, 0.2) is 0 Å². The molecule has 0 bridgehead atoms. The Hall–Kier alpha value is -1.01. The Balaban J connectivity index is 0.00000196. The standard InChI is InChI=1S/C21H33N3O2.2ClH/c1-3-15(4-2)20(24-10-12-26-13-11-24)21(25)23-19-7-5-6-16-14-17(22)8-9-18(16)19;;/h8-9,14-15,19-20H,3-7,10-13,22H2,1-2H3,(H,23,25);2*1H. The topological polar surface area (TPSA) is 67.6 Å². The van der Waals surface area contributed by atoms with E-state index in [9.17, 15) is 4.79 Å². The number of rotatable bonds is 6. The van der Waals surface area contributed by atoms with Crippen LogP contribution >= 0.6 is 24.8 Å². The molecule has 3 rings (SSSR count).